The summed E-state index contributed by atoms with van der Waals surface area (Å²) < 4.78 is 0. The van der Waals surface area contributed by atoms with E-state index < -0.39 is 17.6 Å². The van der Waals surface area contributed by atoms with Crippen molar-refractivity contribution in [2.45, 2.75) is 182 Å². The van der Waals surface area contributed by atoms with E-state index in [9.17, 15) is 0 Å². The first-order valence-corrected chi connectivity index (χ1v) is 22.4. The first kappa shape index (κ1) is 35.3. The second-order valence-electron chi connectivity index (χ2n) is 14.6. The van der Waals surface area contributed by atoms with E-state index in [4.69, 9.17) is 0 Å². The molecule has 0 bridgehead atoms. The zero-order valence-corrected chi connectivity index (χ0v) is 31.1. The molecule has 0 nitrogen and oxygen atoms in total. The largest absolute Gasteiger partial charge is 0.0775 e. The molecular formula is C38H68Si2. The smallest absolute Gasteiger partial charge is 0.0656 e. The average molecular weight is 581 g/mol. The molecule has 1 aliphatic rings. The molecule has 0 heterocycles. The maximum Gasteiger partial charge on any atom is 0.0775 e. The van der Waals surface area contributed by atoms with Gasteiger partial charge in [0.1, 0.15) is 0 Å². The van der Waals surface area contributed by atoms with Gasteiger partial charge >= 0.3 is 0 Å². The van der Waals surface area contributed by atoms with Gasteiger partial charge in [0.2, 0.25) is 0 Å². The minimum absolute atomic E-state index is 0.369. The fourth-order valence-corrected chi connectivity index (χ4v) is 11.6. The molecule has 2 heteroatoms. The van der Waals surface area contributed by atoms with E-state index in [1.165, 1.54) is 121 Å². The van der Waals surface area contributed by atoms with E-state index in [0.717, 1.165) is 0 Å². The van der Waals surface area contributed by atoms with Crippen molar-refractivity contribution in [3.05, 3.63) is 46.1 Å². The summed E-state index contributed by atoms with van der Waals surface area (Å²) in [7, 11) is -1.77. The Morgan fingerprint density at radius 1 is 0.550 bits per heavy atom. The highest BCUT2D eigenvalue weighted by Gasteiger charge is 2.40. The van der Waals surface area contributed by atoms with Crippen LogP contribution in [0.1, 0.15) is 156 Å². The molecule has 228 valence electrons. The summed E-state index contributed by atoms with van der Waals surface area (Å²) in [5.41, 5.74) is 8.08. The summed E-state index contributed by atoms with van der Waals surface area (Å²) in [4.78, 5) is 0. The lowest BCUT2D eigenvalue weighted by Gasteiger charge is -2.35. The number of hydrogen-bond acceptors (Lipinski definition) is 0. The highest BCUT2D eigenvalue weighted by molar-refractivity contribution is 6.89. The van der Waals surface area contributed by atoms with Crippen LogP contribution < -0.4 is 10.4 Å². The van der Waals surface area contributed by atoms with Crippen LogP contribution in [-0.4, -0.2) is 17.6 Å². The van der Waals surface area contributed by atoms with Crippen molar-refractivity contribution in [2.24, 2.45) is 0 Å². The fourth-order valence-electron chi connectivity index (χ4n) is 7.19. The Hall–Kier alpha value is -0.866. The number of rotatable bonds is 21. The monoisotopic (exact) mass is 580 g/mol. The molecule has 0 radical (unpaired) electrons. The zero-order chi connectivity index (χ0) is 29.6. The molecule has 0 spiro atoms. The molecule has 1 aliphatic carbocycles. The maximum atomic E-state index is 2.63. The predicted octanol–water partition coefficient (Wildman–Crippen LogP) is 11.2. The van der Waals surface area contributed by atoms with E-state index in [1.54, 1.807) is 32.7 Å². The highest BCUT2D eigenvalue weighted by atomic mass is 28.3. The number of allylic oxidation sites excluding steroid dienone is 4. The summed E-state index contributed by atoms with van der Waals surface area (Å²) in [6.07, 6.45) is 26.0. The molecule has 0 saturated heterocycles. The first-order chi connectivity index (χ1) is 19.0. The van der Waals surface area contributed by atoms with Gasteiger partial charge in [-0.1, -0.05) is 181 Å². The lowest BCUT2D eigenvalue weighted by atomic mass is 9.89. The van der Waals surface area contributed by atoms with E-state index in [1.807, 2.05) is 0 Å². The summed E-state index contributed by atoms with van der Waals surface area (Å²) in [5.74, 6) is 0. The molecule has 0 saturated carbocycles. The van der Waals surface area contributed by atoms with Crippen LogP contribution in [0.3, 0.4) is 0 Å². The van der Waals surface area contributed by atoms with Crippen molar-refractivity contribution in [3.8, 4) is 0 Å². The molecule has 0 unspecified atom stereocenters. The van der Waals surface area contributed by atoms with Gasteiger partial charge in [-0.2, -0.15) is 0 Å². The quantitative estimate of drug-likeness (QED) is 0.100. The van der Waals surface area contributed by atoms with E-state index in [-0.39, 0.29) is 0 Å². The van der Waals surface area contributed by atoms with Gasteiger partial charge in [0.15, 0.2) is 0 Å². The van der Waals surface area contributed by atoms with Gasteiger partial charge in [-0.15, -0.1) is 0 Å². The second kappa shape index (κ2) is 17.9. The Bertz CT molecular complexity index is 919. The van der Waals surface area contributed by atoms with Crippen molar-refractivity contribution < 1.29 is 0 Å². The molecule has 1 aromatic carbocycles. The number of benzene rings is 1. The third-order valence-electron chi connectivity index (χ3n) is 10.3. The molecule has 2 rings (SSSR count). The van der Waals surface area contributed by atoms with Crippen LogP contribution in [0, 0.1) is 6.92 Å². The summed E-state index contributed by atoms with van der Waals surface area (Å²) in [5, 5.41) is 3.72. The third-order valence-corrected chi connectivity index (χ3v) is 15.2. The molecule has 0 atom stereocenters. The normalized spacial score (nSPS) is 15.8. The summed E-state index contributed by atoms with van der Waals surface area (Å²) in [6.45, 7) is 21.9. The van der Waals surface area contributed by atoms with Crippen molar-refractivity contribution >= 4 is 28.0 Å². The lowest BCUT2D eigenvalue weighted by molar-refractivity contribution is 0.518. The van der Waals surface area contributed by atoms with Crippen molar-refractivity contribution in [2.75, 3.05) is 0 Å². The Morgan fingerprint density at radius 3 is 1.35 bits per heavy atom. The van der Waals surface area contributed by atoms with Gasteiger partial charge in [-0.25, -0.2) is 0 Å². The minimum atomic E-state index is -1.31. The van der Waals surface area contributed by atoms with Gasteiger partial charge in [-0.05, 0) is 52.2 Å². The van der Waals surface area contributed by atoms with Gasteiger partial charge in [0, 0.05) is 5.04 Å². The highest BCUT2D eigenvalue weighted by Crippen LogP contribution is 2.55. The molecule has 0 N–H and O–H groups in total. The van der Waals surface area contributed by atoms with Crippen LogP contribution in [0.4, 0.5) is 0 Å². The summed E-state index contributed by atoms with van der Waals surface area (Å²) in [6, 6.07) is 7.64. The third kappa shape index (κ3) is 11.1. The van der Waals surface area contributed by atoms with Crippen LogP contribution in [0.2, 0.25) is 24.7 Å². The molecular weight excluding hydrogens is 513 g/mol. The second-order valence-corrected chi connectivity index (χ2v) is 22.1. The van der Waals surface area contributed by atoms with Crippen LogP contribution in [-0.2, 0) is 0 Å². The van der Waals surface area contributed by atoms with Crippen molar-refractivity contribution in [3.63, 3.8) is 0 Å². The molecule has 1 aromatic rings. The molecule has 0 fully saturated rings. The molecule has 0 amide bonds. The lowest BCUT2D eigenvalue weighted by Crippen LogP contribution is -2.41. The fraction of sp³-hybridized carbons (Fsp3) is 0.737. The van der Waals surface area contributed by atoms with Gasteiger partial charge in [0.05, 0.1) is 17.6 Å². The Labute approximate surface area is 255 Å². The number of hydrogen-bond donors (Lipinski definition) is 0. The van der Waals surface area contributed by atoms with Crippen LogP contribution in [0.25, 0.3) is 0 Å². The number of aryl methyl sites for hydroxylation is 1. The summed E-state index contributed by atoms with van der Waals surface area (Å²) >= 11 is 0. The molecule has 0 aromatic heterocycles. The van der Waals surface area contributed by atoms with Crippen LogP contribution >= 0.6 is 0 Å². The number of unbranched alkanes of at least 4 members (excludes halogenated alkanes) is 16. The van der Waals surface area contributed by atoms with E-state index in [0.29, 0.717) is 5.04 Å². The van der Waals surface area contributed by atoms with Gasteiger partial charge < -0.3 is 0 Å². The standard InChI is InChI=1S/C38H68Si2/c1-10-11-12-13-14-15-16-17-18-19-20-21-22-23-24-25-26-27-38(34(5)32(3)33(4)35(38)6)39-36-28-31(2)29-37(30-36)40(7,8)9/h28-30H,10-27,39H2,1-9H3. The molecule has 0 aliphatic heterocycles. The van der Waals surface area contributed by atoms with Crippen molar-refractivity contribution in [1.82, 2.24) is 0 Å². The SMILES string of the molecule is CCCCCCCCCCCCCCCCCCCC1([SiH2]c2cc(C)cc([Si](C)(C)C)c2)C(C)=C(C)C(C)=C1C. The molecule has 40 heavy (non-hydrogen) atoms. The van der Waals surface area contributed by atoms with E-state index in [2.05, 4.69) is 79.4 Å². The average Bonchev–Trinajstić information content (AvgIpc) is 3.05. The maximum absolute atomic E-state index is 2.63. The zero-order valence-electron chi connectivity index (χ0n) is 28.7. The Morgan fingerprint density at radius 2 is 0.950 bits per heavy atom. The van der Waals surface area contributed by atoms with Gasteiger partial charge in [-0.3, -0.25) is 0 Å². The first-order valence-electron chi connectivity index (χ1n) is 17.5. The van der Waals surface area contributed by atoms with Crippen LogP contribution in [0.15, 0.2) is 40.5 Å². The Balaban J connectivity index is 1.74. The van der Waals surface area contributed by atoms with Gasteiger partial charge in [0.25, 0.3) is 0 Å². The van der Waals surface area contributed by atoms with Crippen LogP contribution in [0.5, 0.6) is 0 Å². The predicted molar refractivity (Wildman–Crippen MR) is 191 cm³/mol. The topological polar surface area (TPSA) is 0 Å². The Kier molecular flexibility index (Phi) is 15.8. The minimum Gasteiger partial charge on any atom is -0.0656 e. The van der Waals surface area contributed by atoms with E-state index >= 15 is 0 Å². The van der Waals surface area contributed by atoms with Crippen molar-refractivity contribution in [1.29, 1.82) is 0 Å².